The van der Waals surface area contributed by atoms with Gasteiger partial charge in [0, 0.05) is 5.56 Å². The van der Waals surface area contributed by atoms with Crippen LogP contribution in [0, 0.1) is 0 Å². The average Bonchev–Trinajstić information content (AvgIpc) is 2.68. The van der Waals surface area contributed by atoms with Crippen LogP contribution in [0.3, 0.4) is 0 Å². The van der Waals surface area contributed by atoms with Gasteiger partial charge in [0.25, 0.3) is 5.91 Å². The van der Waals surface area contributed by atoms with E-state index in [0.29, 0.717) is 23.4 Å². The Balaban J connectivity index is 2.21. The van der Waals surface area contributed by atoms with Crippen molar-refractivity contribution in [2.75, 3.05) is 0 Å². The highest BCUT2D eigenvalue weighted by Gasteiger charge is 2.40. The number of carbonyl (C=O) groups excluding carboxylic acids is 1. The SMILES string of the molecule is O=C(NC1(C(=O)O)CCCCCC1)c1ccc(Cl)c(Cl)c1. The maximum atomic E-state index is 12.3. The first-order valence-corrected chi connectivity index (χ1v) is 7.71. The summed E-state index contributed by atoms with van der Waals surface area (Å²) in [7, 11) is 0. The van der Waals surface area contributed by atoms with Crippen LogP contribution in [0.25, 0.3) is 0 Å². The van der Waals surface area contributed by atoms with Crippen LogP contribution in [0.2, 0.25) is 10.0 Å². The highest BCUT2D eigenvalue weighted by Crippen LogP contribution is 2.28. The van der Waals surface area contributed by atoms with E-state index < -0.39 is 17.4 Å². The molecule has 1 saturated carbocycles. The summed E-state index contributed by atoms with van der Waals surface area (Å²) < 4.78 is 0. The molecule has 2 N–H and O–H groups in total. The van der Waals surface area contributed by atoms with Gasteiger partial charge in [-0.3, -0.25) is 4.79 Å². The monoisotopic (exact) mass is 329 g/mol. The van der Waals surface area contributed by atoms with Gasteiger partial charge in [-0.2, -0.15) is 0 Å². The molecule has 0 aliphatic heterocycles. The number of halogens is 2. The maximum absolute atomic E-state index is 12.3. The summed E-state index contributed by atoms with van der Waals surface area (Å²) >= 11 is 11.7. The number of benzene rings is 1. The molecule has 0 saturated heterocycles. The van der Waals surface area contributed by atoms with Gasteiger partial charge in [-0.1, -0.05) is 48.9 Å². The Bertz CT molecular complexity index is 552. The predicted molar refractivity (Wildman–Crippen MR) is 82.0 cm³/mol. The highest BCUT2D eigenvalue weighted by atomic mass is 35.5. The molecule has 6 heteroatoms. The molecule has 4 nitrogen and oxygen atoms in total. The molecule has 1 aliphatic carbocycles. The highest BCUT2D eigenvalue weighted by molar-refractivity contribution is 6.42. The minimum Gasteiger partial charge on any atom is -0.480 e. The molecule has 1 amide bonds. The molecule has 1 aromatic carbocycles. The van der Waals surface area contributed by atoms with Crippen molar-refractivity contribution in [3.63, 3.8) is 0 Å². The van der Waals surface area contributed by atoms with Crippen LogP contribution in [-0.4, -0.2) is 22.5 Å². The maximum Gasteiger partial charge on any atom is 0.329 e. The van der Waals surface area contributed by atoms with E-state index in [1.165, 1.54) is 18.2 Å². The molecule has 0 radical (unpaired) electrons. The lowest BCUT2D eigenvalue weighted by Crippen LogP contribution is -2.54. The van der Waals surface area contributed by atoms with Gasteiger partial charge in [-0.25, -0.2) is 4.79 Å². The van der Waals surface area contributed by atoms with E-state index in [4.69, 9.17) is 23.2 Å². The van der Waals surface area contributed by atoms with Crippen LogP contribution in [0.5, 0.6) is 0 Å². The van der Waals surface area contributed by atoms with Crippen molar-refractivity contribution < 1.29 is 14.7 Å². The quantitative estimate of drug-likeness (QED) is 0.826. The molecule has 0 aromatic heterocycles. The van der Waals surface area contributed by atoms with Gasteiger partial charge in [-0.15, -0.1) is 0 Å². The van der Waals surface area contributed by atoms with Gasteiger partial charge in [0.05, 0.1) is 10.0 Å². The lowest BCUT2D eigenvalue weighted by atomic mass is 9.90. The number of rotatable bonds is 3. The van der Waals surface area contributed by atoms with Gasteiger partial charge in [-0.05, 0) is 31.0 Å². The Labute approximate surface area is 133 Å². The molecule has 0 bridgehead atoms. The fourth-order valence-electron chi connectivity index (χ4n) is 2.65. The topological polar surface area (TPSA) is 66.4 Å². The van der Waals surface area contributed by atoms with Crippen molar-refractivity contribution in [3.8, 4) is 0 Å². The Kier molecular flexibility index (Phi) is 5.12. The summed E-state index contributed by atoms with van der Waals surface area (Å²) in [6.45, 7) is 0. The summed E-state index contributed by atoms with van der Waals surface area (Å²) in [4.78, 5) is 24.0. The number of nitrogens with one attached hydrogen (secondary N) is 1. The minimum atomic E-state index is -1.18. The van der Waals surface area contributed by atoms with Crippen molar-refractivity contribution in [3.05, 3.63) is 33.8 Å². The molecule has 1 aliphatic rings. The average molecular weight is 330 g/mol. The molecule has 0 heterocycles. The Hall–Kier alpha value is -1.26. The van der Waals surface area contributed by atoms with Crippen molar-refractivity contribution in [1.82, 2.24) is 5.32 Å². The summed E-state index contributed by atoms with van der Waals surface area (Å²) in [6.07, 6.45) is 4.50. The minimum absolute atomic E-state index is 0.273. The van der Waals surface area contributed by atoms with E-state index in [9.17, 15) is 14.7 Å². The molecule has 0 spiro atoms. The third kappa shape index (κ3) is 3.69. The summed E-state index contributed by atoms with van der Waals surface area (Å²) in [5, 5.41) is 12.9. The number of amides is 1. The first-order valence-electron chi connectivity index (χ1n) is 6.95. The van der Waals surface area contributed by atoms with Gasteiger partial charge < -0.3 is 10.4 Å². The van der Waals surface area contributed by atoms with Gasteiger partial charge in [0.15, 0.2) is 0 Å². The van der Waals surface area contributed by atoms with Crippen molar-refractivity contribution in [2.24, 2.45) is 0 Å². The van der Waals surface area contributed by atoms with Crippen LogP contribution >= 0.6 is 23.2 Å². The molecule has 0 atom stereocenters. The normalized spacial score (nSPS) is 17.8. The molecule has 1 aromatic rings. The first-order chi connectivity index (χ1) is 9.94. The Morgan fingerprint density at radius 1 is 1.05 bits per heavy atom. The van der Waals surface area contributed by atoms with Crippen molar-refractivity contribution in [2.45, 2.75) is 44.1 Å². The summed E-state index contributed by atoms with van der Waals surface area (Å²) in [5.74, 6) is -1.41. The molecule has 114 valence electrons. The number of carbonyl (C=O) groups is 2. The van der Waals surface area contributed by atoms with Crippen LogP contribution in [0.15, 0.2) is 18.2 Å². The van der Waals surface area contributed by atoms with E-state index in [1.807, 2.05) is 0 Å². The molecular weight excluding hydrogens is 313 g/mol. The fraction of sp³-hybridized carbons (Fsp3) is 0.467. The molecule has 1 fully saturated rings. The number of carboxylic acid groups (broad SMARTS) is 1. The third-order valence-electron chi connectivity index (χ3n) is 3.90. The van der Waals surface area contributed by atoms with Crippen LogP contribution < -0.4 is 5.32 Å². The zero-order chi connectivity index (χ0) is 15.5. The van der Waals surface area contributed by atoms with Crippen LogP contribution in [0.1, 0.15) is 48.9 Å². The van der Waals surface area contributed by atoms with E-state index >= 15 is 0 Å². The second-order valence-corrected chi connectivity index (χ2v) is 6.20. The number of aliphatic carboxylic acids is 1. The van der Waals surface area contributed by atoms with E-state index in [1.54, 1.807) is 0 Å². The fourth-order valence-corrected chi connectivity index (χ4v) is 2.95. The van der Waals surface area contributed by atoms with Crippen LogP contribution in [0.4, 0.5) is 0 Å². The second-order valence-electron chi connectivity index (χ2n) is 5.38. The lowest BCUT2D eigenvalue weighted by molar-refractivity contribution is -0.145. The van der Waals surface area contributed by atoms with Crippen molar-refractivity contribution >= 4 is 35.1 Å². The molecule has 21 heavy (non-hydrogen) atoms. The number of hydrogen-bond acceptors (Lipinski definition) is 2. The van der Waals surface area contributed by atoms with Gasteiger partial charge in [0.2, 0.25) is 0 Å². The van der Waals surface area contributed by atoms with Gasteiger partial charge >= 0.3 is 5.97 Å². The zero-order valence-corrected chi connectivity index (χ0v) is 13.0. The van der Waals surface area contributed by atoms with E-state index in [2.05, 4.69) is 5.32 Å². The smallest absolute Gasteiger partial charge is 0.329 e. The second kappa shape index (κ2) is 6.67. The molecule has 0 unspecified atom stereocenters. The van der Waals surface area contributed by atoms with E-state index in [-0.39, 0.29) is 5.02 Å². The third-order valence-corrected chi connectivity index (χ3v) is 4.64. The first kappa shape index (κ1) is 16.1. The standard InChI is InChI=1S/C15H17Cl2NO3/c16-11-6-5-10(9-12(11)17)13(19)18-15(14(20)21)7-3-1-2-4-8-15/h5-6,9H,1-4,7-8H2,(H,18,19)(H,20,21). The van der Waals surface area contributed by atoms with E-state index in [0.717, 1.165) is 25.7 Å². The molecule has 2 rings (SSSR count). The van der Waals surface area contributed by atoms with Crippen molar-refractivity contribution in [1.29, 1.82) is 0 Å². The Morgan fingerprint density at radius 2 is 1.67 bits per heavy atom. The van der Waals surface area contributed by atoms with Gasteiger partial charge in [0.1, 0.15) is 5.54 Å². The summed E-state index contributed by atoms with van der Waals surface area (Å²) in [6, 6.07) is 4.51. The predicted octanol–water partition coefficient (Wildman–Crippen LogP) is 3.90. The molecular formula is C15H17Cl2NO3. The largest absolute Gasteiger partial charge is 0.480 e. The number of hydrogen-bond donors (Lipinski definition) is 2. The summed E-state index contributed by atoms with van der Waals surface area (Å²) in [5.41, 5.74) is -0.867. The zero-order valence-electron chi connectivity index (χ0n) is 11.5. The Morgan fingerprint density at radius 3 is 2.19 bits per heavy atom. The number of carboxylic acids is 1. The lowest BCUT2D eigenvalue weighted by Gasteiger charge is -2.29. The van der Waals surface area contributed by atoms with Crippen LogP contribution in [-0.2, 0) is 4.79 Å².